The summed E-state index contributed by atoms with van der Waals surface area (Å²) in [5.74, 6) is -0.884. The number of nitrogens with zero attached hydrogens (tertiary/aromatic N) is 2. The van der Waals surface area contributed by atoms with Crippen LogP contribution in [0.2, 0.25) is 0 Å². The minimum atomic E-state index is -0.884. The van der Waals surface area contributed by atoms with E-state index < -0.39 is 5.97 Å². The van der Waals surface area contributed by atoms with E-state index in [4.69, 9.17) is 5.11 Å². The molecule has 0 heterocycles. The predicted molar refractivity (Wildman–Crippen MR) is 84.5 cm³/mol. The minimum Gasteiger partial charge on any atom is -0.481 e. The van der Waals surface area contributed by atoms with Crippen LogP contribution in [-0.4, -0.2) is 65.7 Å². The van der Waals surface area contributed by atoms with E-state index in [0.29, 0.717) is 12.6 Å². The molecule has 6 heteroatoms. The maximum atomic E-state index is 12.0. The average molecular weight is 301 g/mol. The fraction of sp³-hybridized carbons (Fsp3) is 0.867. The summed E-state index contributed by atoms with van der Waals surface area (Å²) < 4.78 is 0. The molecule has 0 spiro atoms. The zero-order chi connectivity index (χ0) is 16.4. The van der Waals surface area contributed by atoms with Crippen LogP contribution in [0.5, 0.6) is 0 Å². The first kappa shape index (κ1) is 19.7. The summed E-state index contributed by atoms with van der Waals surface area (Å²) in [7, 11) is 2.09. The number of rotatable bonds is 10. The zero-order valence-corrected chi connectivity index (χ0v) is 14.1. The SMILES string of the molecule is CC(C)N(C)CCCCNC(=O)N(CCC(=O)O)C(C)C. The molecule has 124 valence electrons. The van der Waals surface area contributed by atoms with Crippen molar-refractivity contribution in [3.05, 3.63) is 0 Å². The van der Waals surface area contributed by atoms with Crippen LogP contribution in [0.25, 0.3) is 0 Å². The normalized spacial score (nSPS) is 11.2. The Morgan fingerprint density at radius 3 is 2.14 bits per heavy atom. The van der Waals surface area contributed by atoms with Crippen molar-refractivity contribution in [2.24, 2.45) is 0 Å². The van der Waals surface area contributed by atoms with Crippen LogP contribution in [0.3, 0.4) is 0 Å². The first-order valence-corrected chi connectivity index (χ1v) is 7.72. The number of carbonyl (C=O) groups excluding carboxylic acids is 1. The van der Waals surface area contributed by atoms with E-state index in [1.165, 1.54) is 0 Å². The lowest BCUT2D eigenvalue weighted by Crippen LogP contribution is -2.45. The van der Waals surface area contributed by atoms with Crippen molar-refractivity contribution in [2.45, 2.75) is 59.0 Å². The Labute approximate surface area is 128 Å². The van der Waals surface area contributed by atoms with Gasteiger partial charge in [0, 0.05) is 25.2 Å². The molecule has 0 bridgehead atoms. The maximum Gasteiger partial charge on any atom is 0.317 e. The highest BCUT2D eigenvalue weighted by atomic mass is 16.4. The smallest absolute Gasteiger partial charge is 0.317 e. The Balaban J connectivity index is 3.95. The third-order valence-electron chi connectivity index (χ3n) is 3.55. The van der Waals surface area contributed by atoms with E-state index in [9.17, 15) is 9.59 Å². The summed E-state index contributed by atoms with van der Waals surface area (Å²) >= 11 is 0. The van der Waals surface area contributed by atoms with E-state index in [2.05, 4.69) is 31.1 Å². The van der Waals surface area contributed by atoms with Crippen molar-refractivity contribution < 1.29 is 14.7 Å². The molecule has 0 unspecified atom stereocenters. The molecule has 0 saturated carbocycles. The van der Waals surface area contributed by atoms with Crippen LogP contribution in [0.15, 0.2) is 0 Å². The number of urea groups is 1. The molecule has 0 radical (unpaired) electrons. The fourth-order valence-corrected chi connectivity index (χ4v) is 1.85. The van der Waals surface area contributed by atoms with Gasteiger partial charge < -0.3 is 20.2 Å². The molecule has 0 aromatic heterocycles. The van der Waals surface area contributed by atoms with Gasteiger partial charge in [0.05, 0.1) is 6.42 Å². The lowest BCUT2D eigenvalue weighted by atomic mass is 10.2. The maximum absolute atomic E-state index is 12.0. The van der Waals surface area contributed by atoms with E-state index in [-0.39, 0.29) is 25.0 Å². The molecular formula is C15H31N3O3. The Bertz CT molecular complexity index is 319. The number of nitrogens with one attached hydrogen (secondary N) is 1. The third-order valence-corrected chi connectivity index (χ3v) is 3.55. The van der Waals surface area contributed by atoms with Gasteiger partial charge in [-0.15, -0.1) is 0 Å². The first-order chi connectivity index (χ1) is 9.75. The van der Waals surface area contributed by atoms with Gasteiger partial charge in [0.25, 0.3) is 0 Å². The van der Waals surface area contributed by atoms with Crippen LogP contribution in [0, 0.1) is 0 Å². The molecule has 21 heavy (non-hydrogen) atoms. The zero-order valence-electron chi connectivity index (χ0n) is 14.1. The molecule has 0 aliphatic heterocycles. The summed E-state index contributed by atoms with van der Waals surface area (Å²) in [6.45, 7) is 9.98. The minimum absolute atomic E-state index is 0.00331. The van der Waals surface area contributed by atoms with Crippen LogP contribution >= 0.6 is 0 Å². The summed E-state index contributed by atoms with van der Waals surface area (Å²) in [6.07, 6.45) is 1.93. The van der Waals surface area contributed by atoms with Crippen molar-refractivity contribution in [2.75, 3.05) is 26.7 Å². The highest BCUT2D eigenvalue weighted by Crippen LogP contribution is 2.02. The van der Waals surface area contributed by atoms with Crippen molar-refractivity contribution >= 4 is 12.0 Å². The number of amides is 2. The Hall–Kier alpha value is -1.30. The molecule has 6 nitrogen and oxygen atoms in total. The highest BCUT2D eigenvalue weighted by molar-refractivity contribution is 5.75. The summed E-state index contributed by atoms with van der Waals surface area (Å²) in [5, 5.41) is 11.6. The van der Waals surface area contributed by atoms with Gasteiger partial charge in [-0.1, -0.05) is 0 Å². The molecule has 0 fully saturated rings. The summed E-state index contributed by atoms with van der Waals surface area (Å²) in [5.41, 5.74) is 0. The van der Waals surface area contributed by atoms with Crippen LogP contribution in [0.1, 0.15) is 47.0 Å². The summed E-state index contributed by atoms with van der Waals surface area (Å²) in [6, 6.07) is 0.354. The van der Waals surface area contributed by atoms with E-state index in [1.807, 2.05) is 13.8 Å². The van der Waals surface area contributed by atoms with Gasteiger partial charge in [-0.2, -0.15) is 0 Å². The number of carboxylic acids is 1. The second-order valence-corrected chi connectivity index (χ2v) is 5.94. The lowest BCUT2D eigenvalue weighted by Gasteiger charge is -2.26. The Kier molecular flexibility index (Phi) is 9.78. The number of carbonyl (C=O) groups is 2. The first-order valence-electron chi connectivity index (χ1n) is 7.72. The van der Waals surface area contributed by atoms with Crippen molar-refractivity contribution in [3.8, 4) is 0 Å². The average Bonchev–Trinajstić information content (AvgIpc) is 2.37. The third kappa shape index (κ3) is 9.28. The highest BCUT2D eigenvalue weighted by Gasteiger charge is 2.17. The number of hydrogen-bond donors (Lipinski definition) is 2. The predicted octanol–water partition coefficient (Wildman–Crippen LogP) is 2.00. The van der Waals surface area contributed by atoms with Crippen molar-refractivity contribution in [1.29, 1.82) is 0 Å². The molecule has 0 aliphatic carbocycles. The molecule has 0 atom stereocenters. The van der Waals surface area contributed by atoms with Gasteiger partial charge in [0.1, 0.15) is 0 Å². The number of unbranched alkanes of at least 4 members (excludes halogenated alkanes) is 1. The van der Waals surface area contributed by atoms with Gasteiger partial charge in [0.15, 0.2) is 0 Å². The van der Waals surface area contributed by atoms with E-state index in [1.54, 1.807) is 4.90 Å². The van der Waals surface area contributed by atoms with Gasteiger partial charge in [0.2, 0.25) is 0 Å². The van der Waals surface area contributed by atoms with Crippen molar-refractivity contribution in [1.82, 2.24) is 15.1 Å². The topological polar surface area (TPSA) is 72.9 Å². The molecule has 2 N–H and O–H groups in total. The van der Waals surface area contributed by atoms with E-state index in [0.717, 1.165) is 19.4 Å². The van der Waals surface area contributed by atoms with E-state index >= 15 is 0 Å². The van der Waals surface area contributed by atoms with Crippen molar-refractivity contribution in [3.63, 3.8) is 0 Å². The molecule has 0 aromatic carbocycles. The molecular weight excluding hydrogens is 270 g/mol. The van der Waals surface area contributed by atoms with Gasteiger partial charge in [-0.3, -0.25) is 4.79 Å². The van der Waals surface area contributed by atoms with Gasteiger partial charge in [-0.05, 0) is 54.1 Å². The largest absolute Gasteiger partial charge is 0.481 e. The Morgan fingerprint density at radius 2 is 1.67 bits per heavy atom. The molecule has 2 amide bonds. The molecule has 0 saturated heterocycles. The Morgan fingerprint density at radius 1 is 1.05 bits per heavy atom. The molecule has 0 aliphatic rings. The van der Waals surface area contributed by atoms with Crippen LogP contribution < -0.4 is 5.32 Å². The number of carboxylic acid groups (broad SMARTS) is 1. The second kappa shape index (κ2) is 10.4. The van der Waals surface area contributed by atoms with Gasteiger partial charge >= 0.3 is 12.0 Å². The lowest BCUT2D eigenvalue weighted by molar-refractivity contribution is -0.137. The summed E-state index contributed by atoms with van der Waals surface area (Å²) in [4.78, 5) is 26.5. The van der Waals surface area contributed by atoms with Crippen LogP contribution in [-0.2, 0) is 4.79 Å². The van der Waals surface area contributed by atoms with Gasteiger partial charge in [-0.25, -0.2) is 4.79 Å². The second-order valence-electron chi connectivity index (χ2n) is 5.94. The molecule has 0 rings (SSSR count). The quantitative estimate of drug-likeness (QED) is 0.605. The van der Waals surface area contributed by atoms with Crippen LogP contribution in [0.4, 0.5) is 4.79 Å². The molecule has 0 aromatic rings. The fourth-order valence-electron chi connectivity index (χ4n) is 1.85. The monoisotopic (exact) mass is 301 g/mol. The number of hydrogen-bond acceptors (Lipinski definition) is 3. The number of aliphatic carboxylic acids is 1. The standard InChI is InChI=1S/C15H31N3O3/c1-12(2)17(5)10-7-6-9-16-15(21)18(13(3)4)11-8-14(19)20/h12-13H,6-11H2,1-5H3,(H,16,21)(H,19,20).